The maximum Gasteiger partial charge on any atom is 0.315 e. The molecule has 0 radical (unpaired) electrons. The summed E-state index contributed by atoms with van der Waals surface area (Å²) < 4.78 is 0. The summed E-state index contributed by atoms with van der Waals surface area (Å²) in [6, 6.07) is 4.18. The lowest BCUT2D eigenvalue weighted by Gasteiger charge is -2.17. The van der Waals surface area contributed by atoms with E-state index < -0.39 is 0 Å². The van der Waals surface area contributed by atoms with Crippen molar-refractivity contribution in [3.05, 3.63) is 34.0 Å². The highest BCUT2D eigenvalue weighted by Gasteiger charge is 2.13. The van der Waals surface area contributed by atoms with E-state index >= 15 is 0 Å². The van der Waals surface area contributed by atoms with E-state index in [1.54, 1.807) is 11.3 Å². The quantitative estimate of drug-likeness (QED) is 0.750. The highest BCUT2D eigenvalue weighted by molar-refractivity contribution is 7.10. The normalized spacial score (nSPS) is 16.4. The predicted octanol–water partition coefficient (Wildman–Crippen LogP) is 4.39. The summed E-state index contributed by atoms with van der Waals surface area (Å²) in [5.74, 6) is 0. The first-order valence-electron chi connectivity index (χ1n) is 7.55. The van der Waals surface area contributed by atoms with Crippen molar-refractivity contribution in [1.82, 2.24) is 10.6 Å². The lowest BCUT2D eigenvalue weighted by molar-refractivity contribution is 0.237. The molecular weight excluding hydrogens is 268 g/mol. The van der Waals surface area contributed by atoms with E-state index in [1.165, 1.54) is 36.1 Å². The summed E-state index contributed by atoms with van der Waals surface area (Å²) in [4.78, 5) is 13.1. The number of allylic oxidation sites excluding steroid dienone is 1. The van der Waals surface area contributed by atoms with Gasteiger partial charge in [-0.15, -0.1) is 11.3 Å². The van der Waals surface area contributed by atoms with E-state index in [2.05, 4.69) is 29.7 Å². The third-order valence-electron chi connectivity index (χ3n) is 3.72. The van der Waals surface area contributed by atoms with Crippen LogP contribution in [0.25, 0.3) is 0 Å². The van der Waals surface area contributed by atoms with E-state index in [1.807, 2.05) is 11.4 Å². The minimum absolute atomic E-state index is 0.0540. The molecule has 1 heterocycles. The van der Waals surface area contributed by atoms with Crippen LogP contribution in [0.5, 0.6) is 0 Å². The van der Waals surface area contributed by atoms with Crippen LogP contribution in [0.2, 0.25) is 0 Å². The van der Waals surface area contributed by atoms with Crippen molar-refractivity contribution >= 4 is 17.4 Å². The summed E-state index contributed by atoms with van der Waals surface area (Å²) in [5, 5.41) is 8.07. The van der Waals surface area contributed by atoms with Crippen LogP contribution >= 0.6 is 11.3 Å². The van der Waals surface area contributed by atoms with E-state index in [9.17, 15) is 4.79 Å². The fourth-order valence-corrected chi connectivity index (χ4v) is 3.40. The lowest BCUT2D eigenvalue weighted by atomic mass is 9.97. The van der Waals surface area contributed by atoms with Gasteiger partial charge in [0.25, 0.3) is 0 Å². The lowest BCUT2D eigenvalue weighted by Crippen LogP contribution is -2.38. The molecular formula is C16H24N2OS. The molecule has 1 aromatic rings. The van der Waals surface area contributed by atoms with E-state index in [4.69, 9.17) is 0 Å². The van der Waals surface area contributed by atoms with Gasteiger partial charge >= 0.3 is 6.03 Å². The van der Waals surface area contributed by atoms with Gasteiger partial charge in [0.05, 0.1) is 6.04 Å². The second kappa shape index (κ2) is 8.10. The molecule has 3 nitrogen and oxygen atoms in total. The molecule has 1 aromatic heterocycles. The van der Waals surface area contributed by atoms with Gasteiger partial charge in [-0.1, -0.05) is 24.6 Å². The maximum absolute atomic E-state index is 11.9. The zero-order valence-corrected chi connectivity index (χ0v) is 13.0. The standard InChI is InChI=1S/C16H24N2OS/c1-2-14(15-9-6-12-20-15)18-16(19)17-11-10-13-7-4-3-5-8-13/h6-7,9,12,14H,2-5,8,10-11H2,1H3,(H2,17,18,19). The van der Waals surface area contributed by atoms with Gasteiger partial charge in [-0.25, -0.2) is 4.79 Å². The molecule has 0 bridgehead atoms. The van der Waals surface area contributed by atoms with Crippen LogP contribution in [0.15, 0.2) is 29.2 Å². The SMILES string of the molecule is CCC(NC(=O)NCCC1=CCCCC1)c1cccs1. The summed E-state index contributed by atoms with van der Waals surface area (Å²) in [5.41, 5.74) is 1.50. The van der Waals surface area contributed by atoms with Crippen LogP contribution in [0, 0.1) is 0 Å². The molecule has 0 spiro atoms. The average Bonchev–Trinajstić information content (AvgIpc) is 3.00. The van der Waals surface area contributed by atoms with Crippen molar-refractivity contribution < 1.29 is 4.79 Å². The summed E-state index contributed by atoms with van der Waals surface area (Å²) in [6.07, 6.45) is 9.27. The van der Waals surface area contributed by atoms with Crippen molar-refractivity contribution in [1.29, 1.82) is 0 Å². The van der Waals surface area contributed by atoms with Crippen molar-refractivity contribution in [3.8, 4) is 0 Å². The second-order valence-electron chi connectivity index (χ2n) is 5.23. The second-order valence-corrected chi connectivity index (χ2v) is 6.21. The van der Waals surface area contributed by atoms with Crippen LogP contribution in [0.4, 0.5) is 4.79 Å². The van der Waals surface area contributed by atoms with Gasteiger partial charge in [0.15, 0.2) is 0 Å². The van der Waals surface area contributed by atoms with E-state index in [0.717, 1.165) is 19.4 Å². The Balaban J connectivity index is 1.70. The molecule has 2 N–H and O–H groups in total. The number of thiophene rings is 1. The largest absolute Gasteiger partial charge is 0.338 e. The molecule has 1 aliphatic carbocycles. The number of amides is 2. The third kappa shape index (κ3) is 4.67. The molecule has 2 rings (SSSR count). The molecule has 1 aliphatic rings. The first-order chi connectivity index (χ1) is 9.79. The van der Waals surface area contributed by atoms with E-state index in [-0.39, 0.29) is 12.1 Å². The van der Waals surface area contributed by atoms with Crippen LogP contribution in [0.1, 0.15) is 56.4 Å². The molecule has 0 aromatic carbocycles. The average molecular weight is 292 g/mol. The highest BCUT2D eigenvalue weighted by atomic mass is 32.1. The van der Waals surface area contributed by atoms with Gasteiger partial charge in [-0.2, -0.15) is 0 Å². The fraction of sp³-hybridized carbons (Fsp3) is 0.562. The van der Waals surface area contributed by atoms with Crippen LogP contribution in [-0.2, 0) is 0 Å². The van der Waals surface area contributed by atoms with Crippen LogP contribution in [0.3, 0.4) is 0 Å². The van der Waals surface area contributed by atoms with Crippen molar-refractivity contribution in [2.45, 2.75) is 51.5 Å². The molecule has 4 heteroatoms. The smallest absolute Gasteiger partial charge is 0.315 e. The molecule has 20 heavy (non-hydrogen) atoms. The summed E-state index contributed by atoms with van der Waals surface area (Å²) >= 11 is 1.69. The Labute approximate surface area is 125 Å². The van der Waals surface area contributed by atoms with Gasteiger partial charge in [-0.3, -0.25) is 0 Å². The van der Waals surface area contributed by atoms with Gasteiger partial charge in [0.1, 0.15) is 0 Å². The minimum atomic E-state index is -0.0540. The van der Waals surface area contributed by atoms with Gasteiger partial charge in [0.2, 0.25) is 0 Å². The number of rotatable bonds is 6. The number of urea groups is 1. The molecule has 1 atom stereocenters. The minimum Gasteiger partial charge on any atom is -0.338 e. The molecule has 2 amide bonds. The van der Waals surface area contributed by atoms with Crippen molar-refractivity contribution in [2.24, 2.45) is 0 Å². The first kappa shape index (κ1) is 15.1. The summed E-state index contributed by atoms with van der Waals surface area (Å²) in [7, 11) is 0. The van der Waals surface area contributed by atoms with Crippen molar-refractivity contribution in [2.75, 3.05) is 6.54 Å². The predicted molar refractivity (Wildman–Crippen MR) is 85.1 cm³/mol. The highest BCUT2D eigenvalue weighted by Crippen LogP contribution is 2.21. The zero-order chi connectivity index (χ0) is 14.2. The van der Waals surface area contributed by atoms with E-state index in [0.29, 0.717) is 0 Å². The Kier molecular flexibility index (Phi) is 6.12. The Morgan fingerprint density at radius 2 is 2.35 bits per heavy atom. The Morgan fingerprint density at radius 1 is 1.45 bits per heavy atom. The number of hydrogen-bond donors (Lipinski definition) is 2. The molecule has 0 saturated carbocycles. The van der Waals surface area contributed by atoms with Crippen molar-refractivity contribution in [3.63, 3.8) is 0 Å². The molecule has 0 fully saturated rings. The topological polar surface area (TPSA) is 41.1 Å². The Hall–Kier alpha value is -1.29. The zero-order valence-electron chi connectivity index (χ0n) is 12.2. The summed E-state index contributed by atoms with van der Waals surface area (Å²) in [6.45, 7) is 2.83. The Morgan fingerprint density at radius 3 is 3.00 bits per heavy atom. The third-order valence-corrected chi connectivity index (χ3v) is 4.70. The number of carbonyl (C=O) groups excluding carboxylic acids is 1. The van der Waals surface area contributed by atoms with Crippen LogP contribution < -0.4 is 10.6 Å². The maximum atomic E-state index is 11.9. The van der Waals surface area contributed by atoms with Gasteiger partial charge < -0.3 is 10.6 Å². The van der Waals surface area contributed by atoms with Gasteiger partial charge in [-0.05, 0) is 50.0 Å². The molecule has 0 aliphatic heterocycles. The monoisotopic (exact) mass is 292 g/mol. The first-order valence-corrected chi connectivity index (χ1v) is 8.43. The molecule has 0 saturated heterocycles. The Bertz CT molecular complexity index is 439. The number of hydrogen-bond acceptors (Lipinski definition) is 2. The number of nitrogens with one attached hydrogen (secondary N) is 2. The van der Waals surface area contributed by atoms with Crippen LogP contribution in [-0.4, -0.2) is 12.6 Å². The number of carbonyl (C=O) groups is 1. The molecule has 1 unspecified atom stereocenters. The van der Waals surface area contributed by atoms with Gasteiger partial charge in [0, 0.05) is 11.4 Å². The molecule has 110 valence electrons. The fourth-order valence-electron chi connectivity index (χ4n) is 2.54.